The van der Waals surface area contributed by atoms with Crippen LogP contribution in [0.1, 0.15) is 29.5 Å². The van der Waals surface area contributed by atoms with Crippen LogP contribution in [-0.4, -0.2) is 16.5 Å². The first-order chi connectivity index (χ1) is 12.6. The molecule has 0 saturated carbocycles. The molecule has 3 N–H and O–H groups in total. The number of thiazole rings is 1. The number of fused-ring (bicyclic) bond motifs is 1. The van der Waals surface area contributed by atoms with Crippen LogP contribution >= 0.6 is 11.3 Å². The number of unbranched alkanes of at least 4 members (excludes halogenated alkanes) is 1. The molecule has 0 amide bonds. The third-order valence-electron chi connectivity index (χ3n) is 4.16. The number of rotatable bonds is 5. The maximum Gasteiger partial charge on any atom is 0.417 e. The largest absolute Gasteiger partial charge is 0.417 e. The van der Waals surface area contributed by atoms with E-state index in [1.165, 1.54) is 17.5 Å². The lowest BCUT2D eigenvalue weighted by molar-refractivity contribution is -0.142. The molecule has 0 unspecified atom stereocenters. The molecule has 0 bridgehead atoms. The Balaban J connectivity index is 2.31. The van der Waals surface area contributed by atoms with Crippen LogP contribution in [0.3, 0.4) is 0 Å². The van der Waals surface area contributed by atoms with Gasteiger partial charge in [-0.15, -0.1) is 11.3 Å². The third kappa shape index (κ3) is 3.96. The normalized spacial score (nSPS) is 12.9. The van der Waals surface area contributed by atoms with Crippen LogP contribution in [0, 0.1) is 0 Å². The molecule has 0 aliphatic rings. The summed E-state index contributed by atoms with van der Waals surface area (Å²) in [5, 5.41) is 1.84. The number of hydrogen-bond donors (Lipinski definition) is 2. The highest BCUT2D eigenvalue weighted by Crippen LogP contribution is 2.44. The lowest BCUT2D eigenvalue weighted by Crippen LogP contribution is -2.11. The number of halogens is 6. The summed E-state index contributed by atoms with van der Waals surface area (Å²) in [6.45, 7) is 0.374. The van der Waals surface area contributed by atoms with Crippen LogP contribution < -0.4 is 5.73 Å². The average molecular weight is 407 g/mol. The van der Waals surface area contributed by atoms with Crippen molar-refractivity contribution in [2.45, 2.75) is 31.6 Å². The van der Waals surface area contributed by atoms with E-state index in [4.69, 9.17) is 5.73 Å². The van der Waals surface area contributed by atoms with E-state index >= 15 is 0 Å². The highest BCUT2D eigenvalue weighted by molar-refractivity contribution is 7.13. The van der Waals surface area contributed by atoms with Crippen LogP contribution in [0.15, 0.2) is 23.7 Å². The van der Waals surface area contributed by atoms with E-state index in [9.17, 15) is 26.3 Å². The predicted octanol–water partition coefficient (Wildman–Crippen LogP) is 5.61. The SMILES string of the molecule is NCCCCc1c(-c2nccs2)[nH]c2cc(C(F)(F)F)cc(C(F)(F)F)c12. The molecule has 0 fully saturated rings. The fraction of sp³-hybridized carbons (Fsp3) is 0.353. The molecule has 27 heavy (non-hydrogen) atoms. The summed E-state index contributed by atoms with van der Waals surface area (Å²) in [6, 6.07) is 0.891. The second kappa shape index (κ2) is 7.16. The molecule has 3 aromatic rings. The second-order valence-electron chi connectivity index (χ2n) is 6.00. The Bertz CT molecular complexity index is 925. The zero-order chi connectivity index (χ0) is 19.8. The van der Waals surface area contributed by atoms with Gasteiger partial charge in [-0.25, -0.2) is 4.98 Å². The molecule has 0 radical (unpaired) electrons. The zero-order valence-electron chi connectivity index (χ0n) is 13.8. The first-order valence-electron chi connectivity index (χ1n) is 8.06. The van der Waals surface area contributed by atoms with Gasteiger partial charge in [0.05, 0.1) is 16.8 Å². The van der Waals surface area contributed by atoms with E-state index in [0.717, 1.165) is 0 Å². The smallest absolute Gasteiger partial charge is 0.352 e. The summed E-state index contributed by atoms with van der Waals surface area (Å²) in [5.74, 6) is 0. The summed E-state index contributed by atoms with van der Waals surface area (Å²) in [5.41, 5.74) is 3.25. The number of aryl methyl sites for hydroxylation is 1. The molecule has 146 valence electrons. The molecular formula is C17H15F6N3S. The Kier molecular flexibility index (Phi) is 5.22. The van der Waals surface area contributed by atoms with E-state index in [1.54, 1.807) is 5.38 Å². The van der Waals surface area contributed by atoms with Crippen molar-refractivity contribution in [1.82, 2.24) is 9.97 Å². The Hall–Kier alpha value is -2.07. The first-order valence-corrected chi connectivity index (χ1v) is 8.94. The Morgan fingerprint density at radius 3 is 2.33 bits per heavy atom. The standard InChI is InChI=1S/C17H15F6N3S/c18-16(19,20)9-7-11(17(21,22)23)13-10(3-1-2-4-24)14(26-12(13)8-9)15-25-5-6-27-15/h5-8,26H,1-4,24H2. The van der Waals surface area contributed by atoms with Gasteiger partial charge in [-0.1, -0.05) is 0 Å². The third-order valence-corrected chi connectivity index (χ3v) is 4.95. The van der Waals surface area contributed by atoms with E-state index in [1.807, 2.05) is 0 Å². The molecular weight excluding hydrogens is 392 g/mol. The van der Waals surface area contributed by atoms with Crippen LogP contribution in [-0.2, 0) is 18.8 Å². The lowest BCUT2D eigenvalue weighted by Gasteiger charge is -2.14. The number of aromatic nitrogens is 2. The van der Waals surface area contributed by atoms with Crippen molar-refractivity contribution in [3.63, 3.8) is 0 Å². The number of hydrogen-bond acceptors (Lipinski definition) is 3. The molecule has 0 atom stereocenters. The molecule has 2 aromatic heterocycles. The number of benzene rings is 1. The summed E-state index contributed by atoms with van der Waals surface area (Å²) >= 11 is 1.20. The molecule has 0 spiro atoms. The van der Waals surface area contributed by atoms with Gasteiger partial charge in [-0.3, -0.25) is 0 Å². The van der Waals surface area contributed by atoms with Gasteiger partial charge in [-0.2, -0.15) is 26.3 Å². The minimum Gasteiger partial charge on any atom is -0.352 e. The van der Waals surface area contributed by atoms with Crippen molar-refractivity contribution >= 4 is 22.2 Å². The minimum atomic E-state index is -4.93. The van der Waals surface area contributed by atoms with E-state index in [0.29, 0.717) is 41.7 Å². The first kappa shape index (κ1) is 19.7. The van der Waals surface area contributed by atoms with Gasteiger partial charge in [0.1, 0.15) is 5.01 Å². The minimum absolute atomic E-state index is 0.175. The van der Waals surface area contributed by atoms with Crippen LogP contribution in [0.2, 0.25) is 0 Å². The van der Waals surface area contributed by atoms with Crippen molar-refractivity contribution in [1.29, 1.82) is 0 Å². The fourth-order valence-corrected chi connectivity index (χ4v) is 3.68. The van der Waals surface area contributed by atoms with Crippen molar-refractivity contribution in [3.05, 3.63) is 40.4 Å². The second-order valence-corrected chi connectivity index (χ2v) is 6.90. The lowest BCUT2D eigenvalue weighted by atomic mass is 9.97. The van der Waals surface area contributed by atoms with Gasteiger partial charge in [0, 0.05) is 22.5 Å². The highest BCUT2D eigenvalue weighted by atomic mass is 32.1. The number of nitrogens with two attached hydrogens (primary N) is 1. The number of H-pyrrole nitrogens is 1. The maximum absolute atomic E-state index is 13.6. The predicted molar refractivity (Wildman–Crippen MR) is 91.4 cm³/mol. The quantitative estimate of drug-likeness (QED) is 0.427. The van der Waals surface area contributed by atoms with Gasteiger partial charge < -0.3 is 10.7 Å². The van der Waals surface area contributed by atoms with Gasteiger partial charge in [0.25, 0.3) is 0 Å². The molecule has 1 aromatic carbocycles. The van der Waals surface area contributed by atoms with E-state index < -0.39 is 23.5 Å². The Labute approximate surface area is 154 Å². The molecule has 3 nitrogen and oxygen atoms in total. The Morgan fingerprint density at radius 2 is 1.78 bits per heavy atom. The van der Waals surface area contributed by atoms with Gasteiger partial charge >= 0.3 is 12.4 Å². The summed E-state index contributed by atoms with van der Waals surface area (Å²) < 4.78 is 80.1. The van der Waals surface area contributed by atoms with Crippen molar-refractivity contribution < 1.29 is 26.3 Å². The number of nitrogens with zero attached hydrogens (tertiary/aromatic N) is 1. The van der Waals surface area contributed by atoms with Crippen molar-refractivity contribution in [3.8, 4) is 10.7 Å². The zero-order valence-corrected chi connectivity index (χ0v) is 14.7. The van der Waals surface area contributed by atoms with Crippen molar-refractivity contribution in [2.75, 3.05) is 6.54 Å². The number of aromatic amines is 1. The molecule has 2 heterocycles. The highest BCUT2D eigenvalue weighted by Gasteiger charge is 2.39. The van der Waals surface area contributed by atoms with Crippen molar-refractivity contribution in [2.24, 2.45) is 5.73 Å². The summed E-state index contributed by atoms with van der Waals surface area (Å²) in [6.07, 6.45) is -6.97. The topological polar surface area (TPSA) is 54.7 Å². The molecule has 0 aliphatic heterocycles. The van der Waals surface area contributed by atoms with Gasteiger partial charge in [-0.05, 0) is 43.5 Å². The summed E-state index contributed by atoms with van der Waals surface area (Å²) in [4.78, 5) is 6.83. The average Bonchev–Trinajstić information content (AvgIpc) is 3.20. The van der Waals surface area contributed by atoms with Gasteiger partial charge in [0.2, 0.25) is 0 Å². The molecule has 0 saturated heterocycles. The monoisotopic (exact) mass is 407 g/mol. The molecule has 0 aliphatic carbocycles. The van der Waals surface area contributed by atoms with Gasteiger partial charge in [0.15, 0.2) is 0 Å². The van der Waals surface area contributed by atoms with E-state index in [-0.39, 0.29) is 23.4 Å². The number of nitrogens with one attached hydrogen (secondary N) is 1. The Morgan fingerprint density at radius 1 is 1.04 bits per heavy atom. The molecule has 3 rings (SSSR count). The fourth-order valence-electron chi connectivity index (χ4n) is 3.01. The van der Waals surface area contributed by atoms with E-state index in [2.05, 4.69) is 9.97 Å². The van der Waals surface area contributed by atoms with Crippen LogP contribution in [0.5, 0.6) is 0 Å². The van der Waals surface area contributed by atoms with Crippen LogP contribution in [0.25, 0.3) is 21.6 Å². The maximum atomic E-state index is 13.6. The summed E-state index contributed by atoms with van der Waals surface area (Å²) in [7, 11) is 0. The number of alkyl halides is 6. The molecule has 10 heteroatoms. The van der Waals surface area contributed by atoms with Crippen LogP contribution in [0.4, 0.5) is 26.3 Å².